The van der Waals surface area contributed by atoms with E-state index in [1.165, 1.54) is 0 Å². The number of alkyl halides is 3. The SMILES string of the molecule is CC(C)C(=O)NC[C@@H]1CCCN(C(=O)CCNc2ncc(C(F)(F)F)cc2Cl)C1. The summed E-state index contributed by atoms with van der Waals surface area (Å²) >= 11 is 5.85. The molecule has 162 valence electrons. The van der Waals surface area contributed by atoms with E-state index in [0.29, 0.717) is 25.8 Å². The third-order valence-corrected chi connectivity index (χ3v) is 5.05. The van der Waals surface area contributed by atoms with Gasteiger partial charge in [-0.25, -0.2) is 4.98 Å². The third kappa shape index (κ3) is 7.06. The van der Waals surface area contributed by atoms with Crippen LogP contribution in [0.5, 0.6) is 0 Å². The summed E-state index contributed by atoms with van der Waals surface area (Å²) in [5.74, 6) is 0.196. The van der Waals surface area contributed by atoms with Gasteiger partial charge >= 0.3 is 6.18 Å². The van der Waals surface area contributed by atoms with Crippen molar-refractivity contribution in [3.63, 3.8) is 0 Å². The van der Waals surface area contributed by atoms with Crippen LogP contribution in [0.25, 0.3) is 0 Å². The molecule has 1 aliphatic rings. The summed E-state index contributed by atoms with van der Waals surface area (Å²) in [5.41, 5.74) is -0.923. The van der Waals surface area contributed by atoms with E-state index in [0.717, 1.165) is 18.9 Å². The van der Waals surface area contributed by atoms with Gasteiger partial charge in [0.05, 0.1) is 10.6 Å². The maximum Gasteiger partial charge on any atom is 0.417 e. The highest BCUT2D eigenvalue weighted by atomic mass is 35.5. The van der Waals surface area contributed by atoms with Gasteiger partial charge < -0.3 is 15.5 Å². The van der Waals surface area contributed by atoms with Gasteiger partial charge in [-0.05, 0) is 24.8 Å². The van der Waals surface area contributed by atoms with Crippen LogP contribution < -0.4 is 10.6 Å². The Morgan fingerprint density at radius 1 is 1.38 bits per heavy atom. The summed E-state index contributed by atoms with van der Waals surface area (Å²) in [6.45, 7) is 5.66. The van der Waals surface area contributed by atoms with Crippen LogP contribution >= 0.6 is 11.6 Å². The third-order valence-electron chi connectivity index (χ3n) is 4.76. The Balaban J connectivity index is 1.79. The van der Waals surface area contributed by atoms with E-state index in [1.54, 1.807) is 4.90 Å². The lowest BCUT2D eigenvalue weighted by Gasteiger charge is -2.33. The van der Waals surface area contributed by atoms with E-state index in [4.69, 9.17) is 11.6 Å². The van der Waals surface area contributed by atoms with Gasteiger partial charge in [-0.15, -0.1) is 0 Å². The topological polar surface area (TPSA) is 74.3 Å². The minimum Gasteiger partial charge on any atom is -0.368 e. The first-order chi connectivity index (χ1) is 13.6. The molecular weight excluding hydrogens is 409 g/mol. The zero-order valence-electron chi connectivity index (χ0n) is 16.5. The zero-order chi connectivity index (χ0) is 21.6. The number of halogens is 4. The van der Waals surface area contributed by atoms with Gasteiger partial charge in [0, 0.05) is 44.7 Å². The molecule has 6 nitrogen and oxygen atoms in total. The van der Waals surface area contributed by atoms with Gasteiger partial charge in [0.25, 0.3) is 0 Å². The zero-order valence-corrected chi connectivity index (χ0v) is 17.2. The number of aromatic nitrogens is 1. The molecule has 2 rings (SSSR count). The lowest BCUT2D eigenvalue weighted by atomic mass is 9.97. The Bertz CT molecular complexity index is 728. The number of likely N-dealkylation sites (tertiary alicyclic amines) is 1. The molecule has 1 aromatic heterocycles. The van der Waals surface area contributed by atoms with Gasteiger partial charge in [0.1, 0.15) is 5.82 Å². The molecule has 0 unspecified atom stereocenters. The van der Waals surface area contributed by atoms with Crippen LogP contribution in [0.15, 0.2) is 12.3 Å². The highest BCUT2D eigenvalue weighted by Crippen LogP contribution is 2.32. The van der Waals surface area contributed by atoms with Crippen molar-refractivity contribution in [3.8, 4) is 0 Å². The average Bonchev–Trinajstić information content (AvgIpc) is 2.66. The number of nitrogens with one attached hydrogen (secondary N) is 2. The smallest absolute Gasteiger partial charge is 0.368 e. The fourth-order valence-electron chi connectivity index (χ4n) is 3.08. The molecule has 0 aromatic carbocycles. The molecule has 1 fully saturated rings. The fraction of sp³-hybridized carbons (Fsp3) is 0.632. The first-order valence-electron chi connectivity index (χ1n) is 9.60. The van der Waals surface area contributed by atoms with E-state index in [-0.39, 0.29) is 47.5 Å². The summed E-state index contributed by atoms with van der Waals surface area (Å²) in [4.78, 5) is 29.6. The Morgan fingerprint density at radius 3 is 2.72 bits per heavy atom. The molecule has 0 radical (unpaired) electrons. The quantitative estimate of drug-likeness (QED) is 0.688. The van der Waals surface area contributed by atoms with E-state index < -0.39 is 11.7 Å². The van der Waals surface area contributed by atoms with Crippen LogP contribution in [0.3, 0.4) is 0 Å². The molecule has 2 amide bonds. The minimum absolute atomic E-state index is 0.00132. The Kier molecular flexibility index (Phi) is 8.13. The molecule has 0 spiro atoms. The Labute approximate surface area is 173 Å². The molecule has 1 aliphatic heterocycles. The van der Waals surface area contributed by atoms with Crippen molar-refractivity contribution in [1.29, 1.82) is 0 Å². The molecular formula is C19H26ClF3N4O2. The molecule has 29 heavy (non-hydrogen) atoms. The standard InChI is InChI=1S/C19H26ClF3N4O2/c1-12(2)18(29)26-9-13-4-3-7-27(11-13)16(28)5-6-24-17-15(20)8-14(10-25-17)19(21,22)23/h8,10,12-13H,3-7,9,11H2,1-2H3,(H,24,25)(H,26,29)/t13-/m0/s1. The van der Waals surface area contributed by atoms with Gasteiger partial charge in [0.2, 0.25) is 11.8 Å². The summed E-state index contributed by atoms with van der Waals surface area (Å²) < 4.78 is 37.9. The lowest BCUT2D eigenvalue weighted by molar-refractivity contribution is -0.138. The average molecular weight is 435 g/mol. The largest absolute Gasteiger partial charge is 0.417 e. The van der Waals surface area contributed by atoms with Crippen molar-refractivity contribution in [1.82, 2.24) is 15.2 Å². The van der Waals surface area contributed by atoms with Crippen LogP contribution in [0.1, 0.15) is 38.7 Å². The predicted molar refractivity (Wildman–Crippen MR) is 105 cm³/mol. The van der Waals surface area contributed by atoms with Crippen molar-refractivity contribution in [2.75, 3.05) is 31.5 Å². The van der Waals surface area contributed by atoms with Crippen molar-refractivity contribution >= 4 is 29.2 Å². The van der Waals surface area contributed by atoms with Crippen LogP contribution in [0.2, 0.25) is 5.02 Å². The predicted octanol–water partition coefficient (Wildman–Crippen LogP) is 3.57. The van der Waals surface area contributed by atoms with Gasteiger partial charge in [-0.1, -0.05) is 25.4 Å². The van der Waals surface area contributed by atoms with Gasteiger partial charge in [-0.3, -0.25) is 9.59 Å². The first-order valence-corrected chi connectivity index (χ1v) is 9.97. The number of carbonyl (C=O) groups is 2. The summed E-state index contributed by atoms with van der Waals surface area (Å²) in [6, 6.07) is 0.805. The van der Waals surface area contributed by atoms with E-state index in [1.807, 2.05) is 13.8 Å². The Morgan fingerprint density at radius 2 is 2.10 bits per heavy atom. The fourth-order valence-corrected chi connectivity index (χ4v) is 3.31. The monoisotopic (exact) mass is 434 g/mol. The lowest BCUT2D eigenvalue weighted by Crippen LogP contribution is -2.44. The minimum atomic E-state index is -4.51. The molecule has 2 N–H and O–H groups in total. The summed E-state index contributed by atoms with van der Waals surface area (Å²) in [7, 11) is 0. The maximum absolute atomic E-state index is 12.6. The van der Waals surface area contributed by atoms with Gasteiger partial charge in [-0.2, -0.15) is 13.2 Å². The second kappa shape index (κ2) is 10.1. The second-order valence-electron chi connectivity index (χ2n) is 7.48. The van der Waals surface area contributed by atoms with E-state index in [2.05, 4.69) is 15.6 Å². The molecule has 10 heteroatoms. The maximum atomic E-state index is 12.6. The number of anilines is 1. The molecule has 0 bridgehead atoms. The van der Waals surface area contributed by atoms with Crippen LogP contribution in [-0.4, -0.2) is 47.9 Å². The number of pyridine rings is 1. The van der Waals surface area contributed by atoms with Crippen molar-refractivity contribution in [3.05, 3.63) is 22.8 Å². The molecule has 2 heterocycles. The molecule has 1 saturated heterocycles. The number of amides is 2. The van der Waals surface area contributed by atoms with Crippen molar-refractivity contribution in [2.24, 2.45) is 11.8 Å². The van der Waals surface area contributed by atoms with Crippen molar-refractivity contribution in [2.45, 2.75) is 39.3 Å². The highest BCUT2D eigenvalue weighted by Gasteiger charge is 2.31. The number of rotatable bonds is 7. The summed E-state index contributed by atoms with van der Waals surface area (Å²) in [5, 5.41) is 5.57. The highest BCUT2D eigenvalue weighted by molar-refractivity contribution is 6.32. The number of nitrogens with zero attached hydrogens (tertiary/aromatic N) is 2. The molecule has 0 saturated carbocycles. The van der Waals surface area contributed by atoms with Crippen molar-refractivity contribution < 1.29 is 22.8 Å². The number of hydrogen-bond donors (Lipinski definition) is 2. The first kappa shape index (κ1) is 23.3. The normalized spacial score (nSPS) is 17.3. The summed E-state index contributed by atoms with van der Waals surface area (Å²) in [6.07, 6.45) is -1.81. The van der Waals surface area contributed by atoms with Gasteiger partial charge in [0.15, 0.2) is 0 Å². The van der Waals surface area contributed by atoms with E-state index >= 15 is 0 Å². The van der Waals surface area contributed by atoms with Crippen LogP contribution in [0.4, 0.5) is 19.0 Å². The number of hydrogen-bond acceptors (Lipinski definition) is 4. The Hall–Kier alpha value is -2.03. The molecule has 0 aliphatic carbocycles. The number of piperidine rings is 1. The molecule has 1 atom stereocenters. The second-order valence-corrected chi connectivity index (χ2v) is 7.88. The molecule has 1 aromatic rings. The van der Waals surface area contributed by atoms with Crippen LogP contribution in [0, 0.1) is 11.8 Å². The van der Waals surface area contributed by atoms with E-state index in [9.17, 15) is 22.8 Å². The number of carbonyl (C=O) groups excluding carboxylic acids is 2. The van der Waals surface area contributed by atoms with Crippen LogP contribution in [-0.2, 0) is 15.8 Å².